The molecule has 1 aromatic heterocycles. The predicted molar refractivity (Wildman–Crippen MR) is 55.5 cm³/mol. The summed E-state index contributed by atoms with van der Waals surface area (Å²) in [6.07, 6.45) is -0.343. The second-order valence-corrected chi connectivity index (χ2v) is 4.57. The molecule has 2 heterocycles. The average Bonchev–Trinajstić information content (AvgIpc) is 2.65. The van der Waals surface area contributed by atoms with Crippen molar-refractivity contribution in [2.45, 2.75) is 12.6 Å². The Balaban J connectivity index is 1.95. The van der Waals surface area contributed by atoms with Gasteiger partial charge in [0.05, 0.1) is 12.7 Å². The largest absolute Gasteiger partial charge is 0.361 e. The monoisotopic (exact) mass is 244 g/mol. The molecule has 1 atom stereocenters. The minimum atomic E-state index is -0.343. The van der Waals surface area contributed by atoms with E-state index in [2.05, 4.69) is 20.6 Å². The van der Waals surface area contributed by atoms with Crippen molar-refractivity contribution in [3.63, 3.8) is 0 Å². The number of nitrogens with zero attached hydrogens (tertiary/aromatic N) is 4. The van der Waals surface area contributed by atoms with Gasteiger partial charge in [-0.05, 0) is 0 Å². The maximum Gasteiger partial charge on any atom is 0.156 e. The van der Waals surface area contributed by atoms with Crippen LogP contribution < -0.4 is 0 Å². The van der Waals surface area contributed by atoms with Crippen molar-refractivity contribution in [3.8, 4) is 6.07 Å². The normalized spacial score (nSPS) is 22.5. The van der Waals surface area contributed by atoms with Crippen molar-refractivity contribution in [3.05, 3.63) is 10.0 Å². The molecule has 0 radical (unpaired) electrons. The third-order valence-electron chi connectivity index (χ3n) is 2.18. The Morgan fingerprint density at radius 2 is 2.60 bits per heavy atom. The van der Waals surface area contributed by atoms with Crippen molar-refractivity contribution in [1.29, 1.82) is 5.26 Å². The van der Waals surface area contributed by atoms with E-state index in [1.54, 1.807) is 0 Å². The van der Waals surface area contributed by atoms with E-state index in [0.29, 0.717) is 24.0 Å². The number of hydrogen-bond acceptors (Lipinski definition) is 6. The Labute approximate surface area is 96.4 Å². The standard InChI is InChI=1S/C8H9ClN4OS/c9-8-7(11-12-15-8)5-13-1-2-14-6(3-10)4-13/h6H,1-2,4-5H2. The molecular formula is C8H9ClN4OS. The molecule has 1 aliphatic rings. The van der Waals surface area contributed by atoms with Crippen LogP contribution in [0.5, 0.6) is 0 Å². The summed E-state index contributed by atoms with van der Waals surface area (Å²) in [7, 11) is 0. The smallest absolute Gasteiger partial charge is 0.156 e. The van der Waals surface area contributed by atoms with E-state index < -0.39 is 0 Å². The average molecular weight is 245 g/mol. The van der Waals surface area contributed by atoms with Crippen molar-refractivity contribution >= 4 is 23.1 Å². The molecule has 1 aliphatic heterocycles. The van der Waals surface area contributed by atoms with Gasteiger partial charge in [0.1, 0.15) is 10.0 Å². The van der Waals surface area contributed by atoms with E-state index in [0.717, 1.165) is 12.2 Å². The molecule has 0 spiro atoms. The first kappa shape index (κ1) is 10.8. The fourth-order valence-corrected chi connectivity index (χ4v) is 2.04. The van der Waals surface area contributed by atoms with Crippen molar-refractivity contribution in [2.24, 2.45) is 0 Å². The number of halogens is 1. The lowest BCUT2D eigenvalue weighted by atomic mass is 10.3. The molecule has 0 N–H and O–H groups in total. The predicted octanol–water partition coefficient (Wildman–Crippen LogP) is 0.916. The van der Waals surface area contributed by atoms with Crippen LogP contribution in [0.2, 0.25) is 4.34 Å². The first-order valence-corrected chi connectivity index (χ1v) is 5.65. The molecule has 2 rings (SSSR count). The molecule has 5 nitrogen and oxygen atoms in total. The zero-order valence-electron chi connectivity index (χ0n) is 7.89. The third-order valence-corrected chi connectivity index (χ3v) is 3.16. The van der Waals surface area contributed by atoms with Gasteiger partial charge in [-0.3, -0.25) is 4.90 Å². The second-order valence-electron chi connectivity index (χ2n) is 3.22. The minimum absolute atomic E-state index is 0.343. The SMILES string of the molecule is N#CC1CN(Cc2nnsc2Cl)CCO1. The third kappa shape index (κ3) is 2.63. The van der Waals surface area contributed by atoms with E-state index >= 15 is 0 Å². The van der Waals surface area contributed by atoms with Crippen molar-refractivity contribution < 1.29 is 4.74 Å². The highest BCUT2D eigenvalue weighted by molar-refractivity contribution is 7.10. The molecule has 7 heteroatoms. The highest BCUT2D eigenvalue weighted by atomic mass is 35.5. The molecule has 1 saturated heterocycles. The molecule has 0 amide bonds. The molecule has 0 saturated carbocycles. The maximum absolute atomic E-state index is 8.74. The quantitative estimate of drug-likeness (QED) is 0.774. The fraction of sp³-hybridized carbons (Fsp3) is 0.625. The summed E-state index contributed by atoms with van der Waals surface area (Å²) in [5.74, 6) is 0. The van der Waals surface area contributed by atoms with Gasteiger partial charge in [-0.1, -0.05) is 16.1 Å². The summed E-state index contributed by atoms with van der Waals surface area (Å²) < 4.78 is 9.62. The molecule has 1 fully saturated rings. The van der Waals surface area contributed by atoms with E-state index in [1.807, 2.05) is 0 Å². The first-order chi connectivity index (χ1) is 7.29. The van der Waals surface area contributed by atoms with Crippen molar-refractivity contribution in [2.75, 3.05) is 19.7 Å². The molecule has 0 bridgehead atoms. The number of rotatable bonds is 2. The van der Waals surface area contributed by atoms with Gasteiger partial charge in [-0.25, -0.2) is 0 Å². The van der Waals surface area contributed by atoms with Crippen LogP contribution in [-0.4, -0.2) is 40.3 Å². The molecule has 15 heavy (non-hydrogen) atoms. The summed E-state index contributed by atoms with van der Waals surface area (Å²) in [5.41, 5.74) is 0.778. The molecule has 1 unspecified atom stereocenters. The van der Waals surface area contributed by atoms with E-state index in [-0.39, 0.29) is 6.10 Å². The summed E-state index contributed by atoms with van der Waals surface area (Å²) >= 11 is 7.08. The zero-order valence-corrected chi connectivity index (χ0v) is 9.46. The Hall–Kier alpha value is -0.740. The Morgan fingerprint density at radius 3 is 3.27 bits per heavy atom. The molecule has 0 aliphatic carbocycles. The van der Waals surface area contributed by atoms with Crippen LogP contribution in [0.3, 0.4) is 0 Å². The molecule has 0 aromatic carbocycles. The van der Waals surface area contributed by atoms with Crippen LogP contribution in [0.4, 0.5) is 0 Å². The highest BCUT2D eigenvalue weighted by Crippen LogP contribution is 2.19. The molecular weight excluding hydrogens is 236 g/mol. The number of ether oxygens (including phenoxy) is 1. The maximum atomic E-state index is 8.74. The summed E-state index contributed by atoms with van der Waals surface area (Å²) in [6.45, 7) is 2.61. The first-order valence-electron chi connectivity index (χ1n) is 4.50. The zero-order chi connectivity index (χ0) is 10.7. The van der Waals surface area contributed by atoms with Crippen molar-refractivity contribution in [1.82, 2.24) is 14.5 Å². The molecule has 1 aromatic rings. The van der Waals surface area contributed by atoms with Crippen LogP contribution in [-0.2, 0) is 11.3 Å². The van der Waals surface area contributed by atoms with Gasteiger partial charge in [-0.2, -0.15) is 5.26 Å². The lowest BCUT2D eigenvalue weighted by Crippen LogP contribution is -2.41. The lowest BCUT2D eigenvalue weighted by Gasteiger charge is -2.28. The van der Waals surface area contributed by atoms with Gasteiger partial charge >= 0.3 is 0 Å². The van der Waals surface area contributed by atoms with Crippen LogP contribution in [0, 0.1) is 11.3 Å². The van der Waals surface area contributed by atoms with Crippen LogP contribution in [0.1, 0.15) is 5.69 Å². The topological polar surface area (TPSA) is 62.0 Å². The van der Waals surface area contributed by atoms with E-state index in [4.69, 9.17) is 21.6 Å². The fourth-order valence-electron chi connectivity index (χ4n) is 1.43. The van der Waals surface area contributed by atoms with Gasteiger partial charge in [0, 0.05) is 31.2 Å². The number of hydrogen-bond donors (Lipinski definition) is 0. The summed E-state index contributed by atoms with van der Waals surface area (Å²) in [5, 5.41) is 12.7. The second kappa shape index (κ2) is 4.86. The van der Waals surface area contributed by atoms with Gasteiger partial charge in [0.25, 0.3) is 0 Å². The summed E-state index contributed by atoms with van der Waals surface area (Å²) in [4.78, 5) is 2.10. The molecule has 80 valence electrons. The highest BCUT2D eigenvalue weighted by Gasteiger charge is 2.21. The van der Waals surface area contributed by atoms with Gasteiger partial charge in [0.15, 0.2) is 6.10 Å². The lowest BCUT2D eigenvalue weighted by molar-refractivity contribution is -0.00311. The summed E-state index contributed by atoms with van der Waals surface area (Å²) in [6, 6.07) is 2.10. The van der Waals surface area contributed by atoms with Gasteiger partial charge in [-0.15, -0.1) is 5.10 Å². The van der Waals surface area contributed by atoms with Gasteiger partial charge < -0.3 is 4.74 Å². The Kier molecular flexibility index (Phi) is 3.49. The van der Waals surface area contributed by atoms with E-state index in [1.165, 1.54) is 11.5 Å². The van der Waals surface area contributed by atoms with Crippen LogP contribution >= 0.6 is 23.1 Å². The number of aromatic nitrogens is 2. The Bertz CT molecular complexity index is 377. The van der Waals surface area contributed by atoms with Crippen LogP contribution in [0.15, 0.2) is 0 Å². The number of morpholine rings is 1. The Morgan fingerprint density at radius 1 is 1.73 bits per heavy atom. The van der Waals surface area contributed by atoms with E-state index in [9.17, 15) is 0 Å². The van der Waals surface area contributed by atoms with Gasteiger partial charge in [0.2, 0.25) is 0 Å². The minimum Gasteiger partial charge on any atom is -0.361 e. The van der Waals surface area contributed by atoms with Crippen LogP contribution in [0.25, 0.3) is 0 Å². The number of nitriles is 1.